The molecule has 0 amide bonds. The molecule has 0 bridgehead atoms. The molecule has 1 aromatic carbocycles. The van der Waals surface area contributed by atoms with Crippen molar-refractivity contribution in [3.05, 3.63) is 54.3 Å². The molecular weight excluding hydrogens is 240 g/mol. The van der Waals surface area contributed by atoms with E-state index in [0.717, 1.165) is 18.4 Å². The summed E-state index contributed by atoms with van der Waals surface area (Å²) >= 11 is 0. The Kier molecular flexibility index (Phi) is 7.10. The normalized spacial score (nSPS) is 12.7. The number of esters is 1. The van der Waals surface area contributed by atoms with Crippen molar-refractivity contribution >= 4 is 12.0 Å². The van der Waals surface area contributed by atoms with Gasteiger partial charge in [0.2, 0.25) is 6.29 Å². The molecule has 1 unspecified atom stereocenters. The van der Waals surface area contributed by atoms with Gasteiger partial charge in [-0.3, -0.25) is 0 Å². The predicted octanol–water partition coefficient (Wildman–Crippen LogP) is 3.92. The number of carbonyl (C=O) groups is 1. The van der Waals surface area contributed by atoms with Gasteiger partial charge in [-0.05, 0) is 24.1 Å². The van der Waals surface area contributed by atoms with Crippen LogP contribution in [0.3, 0.4) is 0 Å². The van der Waals surface area contributed by atoms with Crippen LogP contribution in [-0.2, 0) is 14.3 Å². The quantitative estimate of drug-likeness (QED) is 0.322. The summed E-state index contributed by atoms with van der Waals surface area (Å²) in [5, 5.41) is 0. The largest absolute Gasteiger partial charge is 0.463 e. The van der Waals surface area contributed by atoms with Gasteiger partial charge in [-0.25, -0.2) is 4.79 Å². The van der Waals surface area contributed by atoms with E-state index in [0.29, 0.717) is 0 Å². The van der Waals surface area contributed by atoms with E-state index in [4.69, 9.17) is 9.47 Å². The van der Waals surface area contributed by atoms with Crippen LogP contribution in [0, 0.1) is 0 Å². The molecule has 0 radical (unpaired) electrons. The number of benzene rings is 1. The molecule has 0 heterocycles. The Bertz CT molecular complexity index is 421. The van der Waals surface area contributed by atoms with Gasteiger partial charge in [-0.1, -0.05) is 43.7 Å². The van der Waals surface area contributed by atoms with E-state index in [-0.39, 0.29) is 0 Å². The molecule has 1 atom stereocenters. The highest BCUT2D eigenvalue weighted by molar-refractivity contribution is 5.87. The third kappa shape index (κ3) is 7.09. The van der Waals surface area contributed by atoms with E-state index in [1.807, 2.05) is 36.4 Å². The standard InChI is InChI=1S/C16H20O3/c1-3-4-8-13-18-14(2)19-16(17)12-11-15-9-6-5-7-10-15/h5-14H,3-4H2,1-2H3. The summed E-state index contributed by atoms with van der Waals surface area (Å²) in [6.07, 6.45) is 8.02. The first-order chi connectivity index (χ1) is 9.22. The summed E-state index contributed by atoms with van der Waals surface area (Å²) in [5.41, 5.74) is 0.955. The van der Waals surface area contributed by atoms with Crippen LogP contribution >= 0.6 is 0 Å². The third-order valence-electron chi connectivity index (χ3n) is 2.32. The summed E-state index contributed by atoms with van der Waals surface area (Å²) in [6.45, 7) is 3.77. The maximum absolute atomic E-state index is 11.5. The van der Waals surface area contributed by atoms with Gasteiger partial charge in [0.25, 0.3) is 0 Å². The molecule has 1 rings (SSSR count). The minimum atomic E-state index is -0.582. The van der Waals surface area contributed by atoms with E-state index >= 15 is 0 Å². The molecule has 0 saturated carbocycles. The van der Waals surface area contributed by atoms with Crippen LogP contribution in [-0.4, -0.2) is 12.3 Å². The Labute approximate surface area is 114 Å². The molecule has 3 heteroatoms. The van der Waals surface area contributed by atoms with E-state index < -0.39 is 12.3 Å². The second-order valence-electron chi connectivity index (χ2n) is 4.05. The fourth-order valence-electron chi connectivity index (χ4n) is 1.36. The number of hydrogen-bond acceptors (Lipinski definition) is 3. The first kappa shape index (κ1) is 15.0. The SMILES string of the molecule is CCCC=COC(C)OC(=O)C=Cc1ccccc1. The number of rotatable bonds is 7. The number of hydrogen-bond donors (Lipinski definition) is 0. The second kappa shape index (κ2) is 8.97. The monoisotopic (exact) mass is 260 g/mol. The summed E-state index contributed by atoms with van der Waals surface area (Å²) in [5.74, 6) is -0.416. The highest BCUT2D eigenvalue weighted by Gasteiger charge is 2.04. The fourth-order valence-corrected chi connectivity index (χ4v) is 1.36. The Morgan fingerprint density at radius 1 is 1.32 bits per heavy atom. The molecule has 0 aliphatic carbocycles. The number of ether oxygens (including phenoxy) is 2. The summed E-state index contributed by atoms with van der Waals surface area (Å²) in [7, 11) is 0. The van der Waals surface area contributed by atoms with Gasteiger partial charge in [-0.15, -0.1) is 0 Å². The highest BCUT2D eigenvalue weighted by atomic mass is 16.7. The topological polar surface area (TPSA) is 35.5 Å². The molecule has 0 fully saturated rings. The van der Waals surface area contributed by atoms with Crippen LogP contribution < -0.4 is 0 Å². The maximum Gasteiger partial charge on any atom is 0.333 e. The van der Waals surface area contributed by atoms with Crippen molar-refractivity contribution in [2.45, 2.75) is 33.0 Å². The van der Waals surface area contributed by atoms with Gasteiger partial charge in [0.15, 0.2) is 0 Å². The molecule has 102 valence electrons. The zero-order valence-corrected chi connectivity index (χ0v) is 11.4. The lowest BCUT2D eigenvalue weighted by molar-refractivity contribution is -0.159. The van der Waals surface area contributed by atoms with Crippen molar-refractivity contribution in [2.24, 2.45) is 0 Å². The van der Waals surface area contributed by atoms with Crippen molar-refractivity contribution in [2.75, 3.05) is 0 Å². The molecule has 19 heavy (non-hydrogen) atoms. The van der Waals surface area contributed by atoms with Crippen molar-refractivity contribution < 1.29 is 14.3 Å². The first-order valence-electron chi connectivity index (χ1n) is 6.46. The van der Waals surface area contributed by atoms with E-state index in [9.17, 15) is 4.79 Å². The van der Waals surface area contributed by atoms with Gasteiger partial charge in [0.05, 0.1) is 6.26 Å². The van der Waals surface area contributed by atoms with Gasteiger partial charge in [0, 0.05) is 13.0 Å². The second-order valence-corrected chi connectivity index (χ2v) is 4.05. The van der Waals surface area contributed by atoms with Crippen molar-refractivity contribution in [3.63, 3.8) is 0 Å². The van der Waals surface area contributed by atoms with Crippen LogP contribution in [0.4, 0.5) is 0 Å². The van der Waals surface area contributed by atoms with Crippen LogP contribution in [0.1, 0.15) is 32.3 Å². The van der Waals surface area contributed by atoms with Crippen molar-refractivity contribution in [1.82, 2.24) is 0 Å². The van der Waals surface area contributed by atoms with Gasteiger partial charge in [0.1, 0.15) is 0 Å². The summed E-state index contributed by atoms with van der Waals surface area (Å²) in [4.78, 5) is 11.5. The lowest BCUT2D eigenvalue weighted by Crippen LogP contribution is -2.14. The molecule has 0 N–H and O–H groups in total. The van der Waals surface area contributed by atoms with E-state index in [1.54, 1.807) is 19.3 Å². The molecule has 0 aliphatic rings. The zero-order chi connectivity index (χ0) is 13.9. The average Bonchev–Trinajstić information content (AvgIpc) is 2.42. The predicted molar refractivity (Wildman–Crippen MR) is 76.2 cm³/mol. The van der Waals surface area contributed by atoms with Gasteiger partial charge >= 0.3 is 5.97 Å². The first-order valence-corrected chi connectivity index (χ1v) is 6.46. The van der Waals surface area contributed by atoms with Crippen LogP contribution in [0.25, 0.3) is 6.08 Å². The molecule has 0 aliphatic heterocycles. The van der Waals surface area contributed by atoms with E-state index in [1.165, 1.54) is 6.08 Å². The molecule has 3 nitrogen and oxygen atoms in total. The molecular formula is C16H20O3. The molecule has 0 saturated heterocycles. The minimum Gasteiger partial charge on any atom is -0.463 e. The number of carbonyl (C=O) groups excluding carboxylic acids is 1. The minimum absolute atomic E-state index is 0.416. The van der Waals surface area contributed by atoms with Gasteiger partial charge < -0.3 is 9.47 Å². The Balaban J connectivity index is 2.32. The lowest BCUT2D eigenvalue weighted by Gasteiger charge is -2.10. The van der Waals surface area contributed by atoms with Crippen molar-refractivity contribution in [3.8, 4) is 0 Å². The molecule has 0 spiro atoms. The fraction of sp³-hybridized carbons (Fsp3) is 0.312. The number of unbranched alkanes of at least 4 members (excludes halogenated alkanes) is 1. The molecule has 0 aromatic heterocycles. The summed E-state index contributed by atoms with van der Waals surface area (Å²) in [6, 6.07) is 9.58. The van der Waals surface area contributed by atoms with E-state index in [2.05, 4.69) is 6.92 Å². The Morgan fingerprint density at radius 2 is 2.05 bits per heavy atom. The highest BCUT2D eigenvalue weighted by Crippen LogP contribution is 2.03. The third-order valence-corrected chi connectivity index (χ3v) is 2.32. The molecule has 1 aromatic rings. The van der Waals surface area contributed by atoms with Crippen LogP contribution in [0.5, 0.6) is 0 Å². The lowest BCUT2D eigenvalue weighted by atomic mass is 10.2. The number of allylic oxidation sites excluding steroid dienone is 1. The Morgan fingerprint density at radius 3 is 2.74 bits per heavy atom. The van der Waals surface area contributed by atoms with Crippen LogP contribution in [0.15, 0.2) is 48.7 Å². The maximum atomic E-state index is 11.5. The zero-order valence-electron chi connectivity index (χ0n) is 11.4. The smallest absolute Gasteiger partial charge is 0.333 e. The van der Waals surface area contributed by atoms with Gasteiger partial charge in [-0.2, -0.15) is 0 Å². The van der Waals surface area contributed by atoms with Crippen molar-refractivity contribution in [1.29, 1.82) is 0 Å². The van der Waals surface area contributed by atoms with Crippen LogP contribution in [0.2, 0.25) is 0 Å². The summed E-state index contributed by atoms with van der Waals surface area (Å²) < 4.78 is 10.3. The Hall–Kier alpha value is -2.03. The average molecular weight is 260 g/mol.